The minimum Gasteiger partial charge on any atom is -0.460 e. The summed E-state index contributed by atoms with van der Waals surface area (Å²) in [6.45, 7) is 0.201. The number of ether oxygens (including phenoxy) is 1. The summed E-state index contributed by atoms with van der Waals surface area (Å²) in [4.78, 5) is 23.4. The van der Waals surface area contributed by atoms with E-state index >= 15 is 0 Å². The summed E-state index contributed by atoms with van der Waals surface area (Å²) in [6.07, 6.45) is 1.66. The van der Waals surface area contributed by atoms with E-state index in [1.807, 2.05) is 30.3 Å². The smallest absolute Gasteiger partial charge is 0.316 e. The Labute approximate surface area is 128 Å². The molecule has 4 nitrogen and oxygen atoms in total. The van der Waals surface area contributed by atoms with Crippen molar-refractivity contribution < 1.29 is 14.3 Å². The van der Waals surface area contributed by atoms with Crippen LogP contribution in [0.4, 0.5) is 0 Å². The monoisotopic (exact) mass is 295 g/mol. The molecule has 2 N–H and O–H groups in total. The van der Waals surface area contributed by atoms with Gasteiger partial charge in [-0.3, -0.25) is 9.59 Å². The number of hydrogen-bond acceptors (Lipinski definition) is 3. The lowest BCUT2D eigenvalue weighted by Crippen LogP contribution is -2.23. The minimum absolute atomic E-state index is 0.183. The van der Waals surface area contributed by atoms with Crippen LogP contribution < -0.4 is 5.73 Å². The number of carbonyl (C=O) groups excluding carboxylic acids is 2. The van der Waals surface area contributed by atoms with E-state index in [2.05, 4.69) is 0 Å². The molecule has 112 valence electrons. The largest absolute Gasteiger partial charge is 0.460 e. The van der Waals surface area contributed by atoms with Crippen LogP contribution in [-0.4, -0.2) is 11.9 Å². The van der Waals surface area contributed by atoms with Crippen molar-refractivity contribution in [1.82, 2.24) is 0 Å². The summed E-state index contributed by atoms with van der Waals surface area (Å²) >= 11 is 0. The van der Waals surface area contributed by atoms with Gasteiger partial charge >= 0.3 is 5.97 Å². The Morgan fingerprint density at radius 2 is 1.64 bits per heavy atom. The van der Waals surface area contributed by atoms with Crippen LogP contribution in [-0.2, 0) is 21.6 Å². The molecule has 0 atom stereocenters. The average Bonchev–Trinajstić information content (AvgIpc) is 3.36. The molecule has 0 heterocycles. The molecule has 22 heavy (non-hydrogen) atoms. The van der Waals surface area contributed by atoms with E-state index in [4.69, 9.17) is 10.5 Å². The molecule has 3 rings (SSSR count). The van der Waals surface area contributed by atoms with Crippen LogP contribution >= 0.6 is 0 Å². The van der Waals surface area contributed by atoms with Crippen LogP contribution in [0.3, 0.4) is 0 Å². The van der Waals surface area contributed by atoms with Crippen molar-refractivity contribution in [2.45, 2.75) is 24.9 Å². The van der Waals surface area contributed by atoms with Gasteiger partial charge in [-0.1, -0.05) is 42.5 Å². The van der Waals surface area contributed by atoms with Crippen molar-refractivity contribution >= 4 is 11.9 Å². The van der Waals surface area contributed by atoms with Crippen molar-refractivity contribution in [2.75, 3.05) is 0 Å². The molecule has 2 aromatic carbocycles. The topological polar surface area (TPSA) is 69.4 Å². The molecule has 2 aromatic rings. The summed E-state index contributed by atoms with van der Waals surface area (Å²) in [5, 5.41) is 0. The van der Waals surface area contributed by atoms with E-state index < -0.39 is 11.3 Å². The molecule has 1 saturated carbocycles. The molecule has 0 unspecified atom stereocenters. The van der Waals surface area contributed by atoms with E-state index in [9.17, 15) is 9.59 Å². The first kappa shape index (κ1) is 14.3. The number of benzene rings is 2. The van der Waals surface area contributed by atoms with Gasteiger partial charge in [0.05, 0.1) is 5.41 Å². The Morgan fingerprint density at radius 1 is 1.00 bits per heavy atom. The first-order chi connectivity index (χ1) is 10.6. The van der Waals surface area contributed by atoms with Crippen LogP contribution in [0.1, 0.15) is 34.3 Å². The highest BCUT2D eigenvalue weighted by Crippen LogP contribution is 2.49. The van der Waals surface area contributed by atoms with Crippen molar-refractivity contribution in [3.63, 3.8) is 0 Å². The summed E-state index contributed by atoms with van der Waals surface area (Å²) in [7, 11) is 0. The predicted molar refractivity (Wildman–Crippen MR) is 82.1 cm³/mol. The highest BCUT2D eigenvalue weighted by molar-refractivity contribution is 5.92. The molecule has 0 aliphatic heterocycles. The maximum Gasteiger partial charge on any atom is 0.316 e. The summed E-state index contributed by atoms with van der Waals surface area (Å²) < 4.78 is 5.46. The van der Waals surface area contributed by atoms with Gasteiger partial charge in [-0.25, -0.2) is 0 Å². The average molecular weight is 295 g/mol. The van der Waals surface area contributed by atoms with Gasteiger partial charge < -0.3 is 10.5 Å². The molecule has 0 spiro atoms. The van der Waals surface area contributed by atoms with Gasteiger partial charge in [-0.05, 0) is 36.1 Å². The van der Waals surface area contributed by atoms with Gasteiger partial charge in [0.2, 0.25) is 5.91 Å². The Balaban J connectivity index is 1.64. The number of nitrogens with two attached hydrogens (primary N) is 1. The fourth-order valence-corrected chi connectivity index (χ4v) is 2.55. The first-order valence-electron chi connectivity index (χ1n) is 7.23. The number of primary amides is 1. The Kier molecular flexibility index (Phi) is 3.67. The number of amides is 1. The third-order valence-corrected chi connectivity index (χ3v) is 4.08. The quantitative estimate of drug-likeness (QED) is 0.862. The van der Waals surface area contributed by atoms with Crippen molar-refractivity contribution in [3.05, 3.63) is 71.3 Å². The fourth-order valence-electron chi connectivity index (χ4n) is 2.55. The SMILES string of the molecule is NC(=O)c1ccc(COC(=O)C2(c3ccccc3)CC2)cc1. The summed E-state index contributed by atoms with van der Waals surface area (Å²) in [5.41, 5.74) is 7.02. The number of hydrogen-bond donors (Lipinski definition) is 1. The van der Waals surface area contributed by atoms with Gasteiger partial charge in [-0.2, -0.15) is 0 Å². The molecule has 0 saturated heterocycles. The zero-order valence-electron chi connectivity index (χ0n) is 12.1. The fraction of sp³-hybridized carbons (Fsp3) is 0.222. The molecule has 1 fully saturated rings. The molecule has 0 aromatic heterocycles. The van der Waals surface area contributed by atoms with Crippen molar-refractivity contribution in [1.29, 1.82) is 0 Å². The molecule has 1 aliphatic rings. The first-order valence-corrected chi connectivity index (χ1v) is 7.23. The molecular formula is C18H17NO3. The molecule has 1 aliphatic carbocycles. The van der Waals surface area contributed by atoms with Crippen LogP contribution in [0.25, 0.3) is 0 Å². The Bertz CT molecular complexity index is 688. The zero-order chi connectivity index (χ0) is 15.6. The second kappa shape index (κ2) is 5.64. The zero-order valence-corrected chi connectivity index (χ0v) is 12.1. The van der Waals surface area contributed by atoms with E-state index in [0.29, 0.717) is 5.56 Å². The Morgan fingerprint density at radius 3 is 2.18 bits per heavy atom. The third kappa shape index (κ3) is 2.72. The lowest BCUT2D eigenvalue weighted by molar-refractivity contribution is -0.148. The van der Waals surface area contributed by atoms with Crippen LogP contribution in [0, 0.1) is 0 Å². The lowest BCUT2D eigenvalue weighted by Gasteiger charge is -2.15. The summed E-state index contributed by atoms with van der Waals surface area (Å²) in [5.74, 6) is -0.651. The molecular weight excluding hydrogens is 278 g/mol. The maximum absolute atomic E-state index is 12.4. The molecule has 0 radical (unpaired) electrons. The normalized spacial score (nSPS) is 15.1. The molecule has 1 amide bonds. The van der Waals surface area contributed by atoms with E-state index in [-0.39, 0.29) is 12.6 Å². The highest BCUT2D eigenvalue weighted by atomic mass is 16.5. The predicted octanol–water partition coefficient (Wildman–Crippen LogP) is 2.56. The number of carbonyl (C=O) groups is 2. The van der Waals surface area contributed by atoms with Crippen LogP contribution in [0.2, 0.25) is 0 Å². The van der Waals surface area contributed by atoms with Gasteiger partial charge in [0, 0.05) is 5.56 Å². The van der Waals surface area contributed by atoms with E-state index in [0.717, 1.165) is 24.0 Å². The molecule has 4 heteroatoms. The van der Waals surface area contributed by atoms with Gasteiger partial charge in [0.25, 0.3) is 0 Å². The van der Waals surface area contributed by atoms with Crippen molar-refractivity contribution in [2.24, 2.45) is 5.73 Å². The highest BCUT2D eigenvalue weighted by Gasteiger charge is 2.52. The van der Waals surface area contributed by atoms with E-state index in [1.165, 1.54) is 0 Å². The second-order valence-corrected chi connectivity index (χ2v) is 5.59. The summed E-state index contributed by atoms with van der Waals surface area (Å²) in [6, 6.07) is 16.5. The van der Waals surface area contributed by atoms with E-state index in [1.54, 1.807) is 24.3 Å². The standard InChI is InChI=1S/C18H17NO3/c19-16(20)14-8-6-13(7-9-14)12-22-17(21)18(10-11-18)15-4-2-1-3-5-15/h1-9H,10-12H2,(H2,19,20). The number of rotatable bonds is 5. The van der Waals surface area contributed by atoms with Crippen LogP contribution in [0.5, 0.6) is 0 Å². The maximum atomic E-state index is 12.4. The van der Waals surface area contributed by atoms with Crippen molar-refractivity contribution in [3.8, 4) is 0 Å². The van der Waals surface area contributed by atoms with Gasteiger partial charge in [0.1, 0.15) is 6.61 Å². The minimum atomic E-state index is -0.468. The third-order valence-electron chi connectivity index (χ3n) is 4.08. The van der Waals surface area contributed by atoms with Gasteiger partial charge in [0.15, 0.2) is 0 Å². The van der Waals surface area contributed by atoms with Gasteiger partial charge in [-0.15, -0.1) is 0 Å². The Hall–Kier alpha value is -2.62. The number of esters is 1. The molecule has 0 bridgehead atoms. The van der Waals surface area contributed by atoms with Crippen LogP contribution in [0.15, 0.2) is 54.6 Å². The lowest BCUT2D eigenvalue weighted by atomic mass is 9.96. The second-order valence-electron chi connectivity index (χ2n) is 5.59.